The normalized spacial score (nSPS) is 11.6. The Labute approximate surface area is 148 Å². The lowest BCUT2D eigenvalue weighted by molar-refractivity contribution is 0.339. The van der Waals surface area contributed by atoms with Gasteiger partial charge in [-0.05, 0) is 18.6 Å². The molecule has 7 heteroatoms. The molecule has 2 aromatic carbocycles. The van der Waals surface area contributed by atoms with Crippen LogP contribution in [0, 0.1) is 6.92 Å². The zero-order valence-corrected chi connectivity index (χ0v) is 15.3. The summed E-state index contributed by atoms with van der Waals surface area (Å²) in [5.74, 6) is 0. The Kier molecular flexibility index (Phi) is 4.84. The maximum atomic E-state index is 12.3. The van der Waals surface area contributed by atoms with Crippen molar-refractivity contribution in [3.63, 3.8) is 0 Å². The van der Waals surface area contributed by atoms with Gasteiger partial charge in [-0.25, -0.2) is 13.1 Å². The second kappa shape index (κ2) is 6.88. The quantitative estimate of drug-likeness (QED) is 0.697. The summed E-state index contributed by atoms with van der Waals surface area (Å²) in [6.07, 6.45) is 0. The minimum atomic E-state index is -3.76. The summed E-state index contributed by atoms with van der Waals surface area (Å²) in [6, 6.07) is 16.4. The predicted octanol–water partition coefficient (Wildman–Crippen LogP) is 3.89. The molecule has 1 N–H and O–H groups in total. The molecule has 0 bridgehead atoms. The highest BCUT2D eigenvalue weighted by atomic mass is 79.9. The third kappa shape index (κ3) is 3.75. The van der Waals surface area contributed by atoms with Crippen molar-refractivity contribution < 1.29 is 12.9 Å². The van der Waals surface area contributed by atoms with Crippen molar-refractivity contribution in [3.05, 3.63) is 70.2 Å². The van der Waals surface area contributed by atoms with Crippen molar-refractivity contribution in [2.24, 2.45) is 0 Å². The van der Waals surface area contributed by atoms with Crippen LogP contribution in [0.5, 0.6) is 0 Å². The molecule has 0 fully saturated rings. The molecule has 0 unspecified atom stereocenters. The van der Waals surface area contributed by atoms with Crippen LogP contribution in [-0.4, -0.2) is 13.6 Å². The Morgan fingerprint density at radius 3 is 2.54 bits per heavy atom. The molecule has 3 aromatic rings. The Morgan fingerprint density at radius 1 is 1.12 bits per heavy atom. The second-order valence-corrected chi connectivity index (χ2v) is 7.87. The summed E-state index contributed by atoms with van der Waals surface area (Å²) >= 11 is 3.41. The number of rotatable bonds is 5. The maximum absolute atomic E-state index is 12.3. The van der Waals surface area contributed by atoms with Gasteiger partial charge >= 0.3 is 0 Å². The number of sulfonamides is 1. The number of nitrogens with one attached hydrogen (secondary N) is 1. The van der Waals surface area contributed by atoms with E-state index >= 15 is 0 Å². The van der Waals surface area contributed by atoms with Crippen molar-refractivity contribution in [2.75, 3.05) is 0 Å². The third-order valence-corrected chi connectivity index (χ3v) is 5.43. The Hall–Kier alpha value is -1.96. The number of nitrogens with zero attached hydrogens (tertiary/aromatic N) is 1. The molecule has 1 aromatic heterocycles. The van der Waals surface area contributed by atoms with Gasteiger partial charge in [0.15, 0.2) is 0 Å². The van der Waals surface area contributed by atoms with Gasteiger partial charge < -0.3 is 4.52 Å². The van der Waals surface area contributed by atoms with Crippen molar-refractivity contribution >= 4 is 26.0 Å². The molecule has 0 radical (unpaired) electrons. The SMILES string of the molecule is Cc1ccc(CNS(=O)(=O)c2cc(-c3ccccc3Br)no2)cc1. The first-order valence-corrected chi connectivity index (χ1v) is 9.50. The molecule has 0 saturated heterocycles. The van der Waals surface area contributed by atoms with E-state index in [2.05, 4.69) is 25.8 Å². The smallest absolute Gasteiger partial charge is 0.277 e. The van der Waals surface area contributed by atoms with Crippen molar-refractivity contribution in [1.82, 2.24) is 9.88 Å². The topological polar surface area (TPSA) is 72.2 Å². The van der Waals surface area contributed by atoms with E-state index in [0.717, 1.165) is 21.2 Å². The van der Waals surface area contributed by atoms with Gasteiger partial charge in [0.1, 0.15) is 5.69 Å². The molecule has 24 heavy (non-hydrogen) atoms. The highest BCUT2D eigenvalue weighted by Crippen LogP contribution is 2.28. The van der Waals surface area contributed by atoms with E-state index in [-0.39, 0.29) is 11.6 Å². The summed E-state index contributed by atoms with van der Waals surface area (Å²) < 4.78 is 33.0. The highest BCUT2D eigenvalue weighted by molar-refractivity contribution is 9.10. The summed E-state index contributed by atoms with van der Waals surface area (Å²) in [7, 11) is -3.76. The lowest BCUT2D eigenvalue weighted by Gasteiger charge is -2.04. The van der Waals surface area contributed by atoms with Crippen LogP contribution in [0.3, 0.4) is 0 Å². The fraction of sp³-hybridized carbons (Fsp3) is 0.118. The van der Waals surface area contributed by atoms with Crippen LogP contribution in [0.15, 0.2) is 68.7 Å². The van der Waals surface area contributed by atoms with E-state index in [1.54, 1.807) is 0 Å². The Balaban J connectivity index is 1.78. The molecule has 1 heterocycles. The minimum Gasteiger partial charge on any atom is -0.343 e. The Morgan fingerprint density at radius 2 is 1.83 bits per heavy atom. The zero-order chi connectivity index (χ0) is 17.2. The van der Waals surface area contributed by atoms with Crippen LogP contribution in [0.1, 0.15) is 11.1 Å². The van der Waals surface area contributed by atoms with E-state index in [4.69, 9.17) is 4.52 Å². The van der Waals surface area contributed by atoms with Gasteiger partial charge in [-0.3, -0.25) is 0 Å². The molecule has 0 amide bonds. The molecular weight excluding hydrogens is 392 g/mol. The van der Waals surface area contributed by atoms with E-state index in [9.17, 15) is 8.42 Å². The standard InChI is InChI=1S/C17H15BrN2O3S/c1-12-6-8-13(9-7-12)11-19-24(21,22)17-10-16(20-23-17)14-4-2-3-5-15(14)18/h2-10,19H,11H2,1H3. The van der Waals surface area contributed by atoms with Crippen LogP contribution in [0.4, 0.5) is 0 Å². The molecule has 3 rings (SSSR count). The van der Waals surface area contributed by atoms with Crippen LogP contribution in [0.25, 0.3) is 11.3 Å². The average Bonchev–Trinajstić information content (AvgIpc) is 3.05. The third-order valence-electron chi connectivity index (χ3n) is 3.49. The predicted molar refractivity (Wildman–Crippen MR) is 94.8 cm³/mol. The molecule has 5 nitrogen and oxygen atoms in total. The van der Waals surface area contributed by atoms with Crippen molar-refractivity contribution in [2.45, 2.75) is 18.6 Å². The number of halogens is 1. The van der Waals surface area contributed by atoms with Crippen molar-refractivity contribution in [1.29, 1.82) is 0 Å². The molecule has 0 spiro atoms. The van der Waals surface area contributed by atoms with E-state index in [1.165, 1.54) is 6.07 Å². The Bertz CT molecular complexity index is 950. The second-order valence-electron chi connectivity index (χ2n) is 5.32. The van der Waals surface area contributed by atoms with Crippen LogP contribution in [-0.2, 0) is 16.6 Å². The highest BCUT2D eigenvalue weighted by Gasteiger charge is 2.21. The summed E-state index contributed by atoms with van der Waals surface area (Å²) in [6.45, 7) is 2.17. The molecule has 0 aliphatic heterocycles. The summed E-state index contributed by atoms with van der Waals surface area (Å²) in [5.41, 5.74) is 3.21. The van der Waals surface area contributed by atoms with Gasteiger partial charge in [0.2, 0.25) is 0 Å². The van der Waals surface area contributed by atoms with Gasteiger partial charge in [0, 0.05) is 22.6 Å². The monoisotopic (exact) mass is 406 g/mol. The van der Waals surface area contributed by atoms with Gasteiger partial charge in [-0.2, -0.15) is 0 Å². The van der Waals surface area contributed by atoms with Crippen LogP contribution in [0.2, 0.25) is 0 Å². The zero-order valence-electron chi connectivity index (χ0n) is 12.9. The summed E-state index contributed by atoms with van der Waals surface area (Å²) in [4.78, 5) is 0. The average molecular weight is 407 g/mol. The van der Waals surface area contributed by atoms with E-state index in [1.807, 2.05) is 55.5 Å². The molecule has 0 aliphatic carbocycles. The molecule has 124 valence electrons. The van der Waals surface area contributed by atoms with Gasteiger partial charge in [-0.1, -0.05) is 69.1 Å². The first-order valence-electron chi connectivity index (χ1n) is 7.22. The lowest BCUT2D eigenvalue weighted by Crippen LogP contribution is -2.22. The van der Waals surface area contributed by atoms with Crippen LogP contribution < -0.4 is 4.72 Å². The lowest BCUT2D eigenvalue weighted by atomic mass is 10.2. The molecule has 0 aliphatic rings. The molecule has 0 saturated carbocycles. The van der Waals surface area contributed by atoms with Crippen LogP contribution >= 0.6 is 15.9 Å². The minimum absolute atomic E-state index is 0.188. The first-order chi connectivity index (χ1) is 11.5. The van der Waals surface area contributed by atoms with E-state index in [0.29, 0.717) is 5.69 Å². The summed E-state index contributed by atoms with van der Waals surface area (Å²) in [5, 5.41) is 3.65. The van der Waals surface area contributed by atoms with Gasteiger partial charge in [0.05, 0.1) is 0 Å². The number of aromatic nitrogens is 1. The van der Waals surface area contributed by atoms with Gasteiger partial charge in [-0.15, -0.1) is 0 Å². The number of aryl methyl sites for hydroxylation is 1. The largest absolute Gasteiger partial charge is 0.343 e. The van der Waals surface area contributed by atoms with E-state index < -0.39 is 10.0 Å². The fourth-order valence-electron chi connectivity index (χ4n) is 2.14. The molecule has 0 atom stereocenters. The first kappa shape index (κ1) is 16.9. The number of hydrogen-bond donors (Lipinski definition) is 1. The number of benzene rings is 2. The maximum Gasteiger partial charge on any atom is 0.277 e. The van der Waals surface area contributed by atoms with Crippen molar-refractivity contribution in [3.8, 4) is 11.3 Å². The molecular formula is C17H15BrN2O3S. The van der Waals surface area contributed by atoms with Gasteiger partial charge in [0.25, 0.3) is 15.1 Å². The fourth-order valence-corrected chi connectivity index (χ4v) is 3.53. The number of hydrogen-bond acceptors (Lipinski definition) is 4.